The van der Waals surface area contributed by atoms with Gasteiger partial charge in [-0.2, -0.15) is 0 Å². The lowest BCUT2D eigenvalue weighted by atomic mass is 10.0. The van der Waals surface area contributed by atoms with Crippen LogP contribution in [0.25, 0.3) is 0 Å². The van der Waals surface area contributed by atoms with E-state index in [4.69, 9.17) is 0 Å². The first-order valence-corrected chi connectivity index (χ1v) is 7.41. The first-order valence-electron chi connectivity index (χ1n) is 7.41. The summed E-state index contributed by atoms with van der Waals surface area (Å²) in [6.45, 7) is 0. The molecule has 5 saturated carbocycles. The largest absolute Gasteiger partial charge is 0.0530 e. The Morgan fingerprint density at radius 1 is 0.533 bits per heavy atom. The molecule has 0 unspecified atom stereocenters. The summed E-state index contributed by atoms with van der Waals surface area (Å²) < 4.78 is 0. The molecular formula is C15H22. The fourth-order valence-electron chi connectivity index (χ4n) is 6.85. The minimum Gasteiger partial charge on any atom is -0.0530 e. The molecule has 0 aromatic rings. The van der Waals surface area contributed by atoms with Crippen LogP contribution in [0.5, 0.6) is 0 Å². The molecule has 5 fully saturated rings. The molecule has 5 rings (SSSR count). The van der Waals surface area contributed by atoms with Crippen molar-refractivity contribution in [3.8, 4) is 0 Å². The Labute approximate surface area is 92.8 Å². The molecule has 82 valence electrons. The lowest BCUT2D eigenvalue weighted by Gasteiger charge is -2.04. The Morgan fingerprint density at radius 2 is 0.867 bits per heavy atom. The van der Waals surface area contributed by atoms with Crippen molar-refractivity contribution in [3.05, 3.63) is 0 Å². The maximum Gasteiger partial charge on any atom is -0.0167 e. The fourth-order valence-corrected chi connectivity index (χ4v) is 6.85. The van der Waals surface area contributed by atoms with Gasteiger partial charge in [-0.05, 0) is 66.6 Å². The molecule has 0 bridgehead atoms. The van der Waals surface area contributed by atoms with Gasteiger partial charge in [-0.1, -0.05) is 25.7 Å². The molecule has 2 spiro atoms. The van der Waals surface area contributed by atoms with Gasteiger partial charge in [0.2, 0.25) is 0 Å². The molecule has 0 aliphatic heterocycles. The molecule has 0 heteroatoms. The van der Waals surface area contributed by atoms with E-state index in [-0.39, 0.29) is 0 Å². The highest BCUT2D eigenvalue weighted by molar-refractivity contribution is 5.41. The van der Waals surface area contributed by atoms with Gasteiger partial charge >= 0.3 is 0 Å². The minimum absolute atomic E-state index is 0.989. The topological polar surface area (TPSA) is 0 Å². The molecule has 4 atom stereocenters. The highest BCUT2D eigenvalue weighted by Gasteiger charge is 2.94. The Kier molecular flexibility index (Phi) is 1.18. The van der Waals surface area contributed by atoms with Crippen LogP contribution in [0.3, 0.4) is 0 Å². The van der Waals surface area contributed by atoms with Gasteiger partial charge in [0, 0.05) is 0 Å². The van der Waals surface area contributed by atoms with E-state index in [2.05, 4.69) is 0 Å². The van der Waals surface area contributed by atoms with Crippen LogP contribution in [0.15, 0.2) is 0 Å². The Bertz CT molecular complexity index is 273. The molecule has 0 saturated heterocycles. The van der Waals surface area contributed by atoms with Crippen LogP contribution in [0.1, 0.15) is 57.8 Å². The van der Waals surface area contributed by atoms with Gasteiger partial charge < -0.3 is 0 Å². The van der Waals surface area contributed by atoms with Crippen LogP contribution < -0.4 is 0 Å². The van der Waals surface area contributed by atoms with Crippen LogP contribution in [0.4, 0.5) is 0 Å². The van der Waals surface area contributed by atoms with Crippen LogP contribution in [0, 0.1) is 34.5 Å². The van der Waals surface area contributed by atoms with Crippen molar-refractivity contribution in [1.82, 2.24) is 0 Å². The molecule has 0 heterocycles. The molecule has 5 aliphatic rings. The standard InChI is InChI=1S/C15H22/c1-2-6-11-10(5-1)14(11)9-15(14)12-7-3-4-8-13(12)15/h10-13H,1-9H2/t10-,11-,12-,13-/m1/s1. The van der Waals surface area contributed by atoms with E-state index in [0.717, 1.165) is 10.8 Å². The van der Waals surface area contributed by atoms with Gasteiger partial charge in [-0.25, -0.2) is 0 Å². The summed E-state index contributed by atoms with van der Waals surface area (Å²) >= 11 is 0. The van der Waals surface area contributed by atoms with Crippen LogP contribution in [-0.4, -0.2) is 0 Å². The maximum absolute atomic E-state index is 1.70. The first-order chi connectivity index (χ1) is 7.41. The van der Waals surface area contributed by atoms with E-state index in [1.807, 2.05) is 0 Å². The fraction of sp³-hybridized carbons (Fsp3) is 1.00. The third kappa shape index (κ3) is 0.666. The van der Waals surface area contributed by atoms with Crippen molar-refractivity contribution in [2.45, 2.75) is 57.8 Å². The van der Waals surface area contributed by atoms with E-state index < -0.39 is 0 Å². The second-order valence-electron chi connectivity index (χ2n) is 7.25. The van der Waals surface area contributed by atoms with Crippen molar-refractivity contribution < 1.29 is 0 Å². The van der Waals surface area contributed by atoms with Crippen LogP contribution >= 0.6 is 0 Å². The predicted molar refractivity (Wildman–Crippen MR) is 60.4 cm³/mol. The van der Waals surface area contributed by atoms with Gasteiger partial charge in [-0.15, -0.1) is 0 Å². The average Bonchev–Trinajstić information content (AvgIpc) is 3.23. The molecule has 0 amide bonds. The van der Waals surface area contributed by atoms with E-state index in [9.17, 15) is 0 Å². The SMILES string of the molecule is C1CC[C@@H]2[C@@H](C1)C21CC12[C@@H]1CCCC[C@H]12. The summed E-state index contributed by atoms with van der Waals surface area (Å²) in [5, 5.41) is 0. The van der Waals surface area contributed by atoms with E-state index in [0.29, 0.717) is 0 Å². The Hall–Kier alpha value is 0. The monoisotopic (exact) mass is 202 g/mol. The van der Waals surface area contributed by atoms with Crippen LogP contribution in [-0.2, 0) is 0 Å². The van der Waals surface area contributed by atoms with Crippen molar-refractivity contribution in [2.75, 3.05) is 0 Å². The molecule has 5 aliphatic carbocycles. The highest BCUT2D eigenvalue weighted by Crippen LogP contribution is 3.00. The second-order valence-corrected chi connectivity index (χ2v) is 7.25. The zero-order valence-corrected chi connectivity index (χ0v) is 9.67. The predicted octanol–water partition coefficient (Wildman–Crippen LogP) is 4.00. The van der Waals surface area contributed by atoms with Crippen molar-refractivity contribution in [1.29, 1.82) is 0 Å². The molecule has 0 nitrogen and oxygen atoms in total. The lowest BCUT2D eigenvalue weighted by molar-refractivity contribution is 0.480. The molecule has 0 N–H and O–H groups in total. The molecule has 0 aromatic carbocycles. The lowest BCUT2D eigenvalue weighted by Crippen LogP contribution is -1.91. The Balaban J connectivity index is 1.47. The van der Waals surface area contributed by atoms with E-state index in [1.165, 1.54) is 23.7 Å². The highest BCUT2D eigenvalue weighted by atomic mass is 15.0. The summed E-state index contributed by atoms with van der Waals surface area (Å²) in [4.78, 5) is 0. The third-order valence-corrected chi connectivity index (χ3v) is 7.29. The van der Waals surface area contributed by atoms with Gasteiger partial charge in [-0.3, -0.25) is 0 Å². The minimum atomic E-state index is 0.989. The van der Waals surface area contributed by atoms with E-state index >= 15 is 0 Å². The maximum atomic E-state index is 1.70. The number of hydrogen-bond acceptors (Lipinski definition) is 0. The van der Waals surface area contributed by atoms with Crippen molar-refractivity contribution >= 4 is 0 Å². The number of rotatable bonds is 0. The summed E-state index contributed by atoms with van der Waals surface area (Å²) in [5.74, 6) is 4.93. The summed E-state index contributed by atoms with van der Waals surface area (Å²) in [6, 6.07) is 0. The number of hydrogen-bond donors (Lipinski definition) is 0. The Morgan fingerprint density at radius 3 is 1.20 bits per heavy atom. The summed E-state index contributed by atoms with van der Waals surface area (Å²) in [6.07, 6.45) is 14.4. The summed E-state index contributed by atoms with van der Waals surface area (Å²) in [5.41, 5.74) is 1.98. The zero-order valence-electron chi connectivity index (χ0n) is 9.67. The van der Waals surface area contributed by atoms with Crippen molar-refractivity contribution in [3.63, 3.8) is 0 Å². The second kappa shape index (κ2) is 2.17. The zero-order chi connectivity index (χ0) is 9.67. The third-order valence-electron chi connectivity index (χ3n) is 7.29. The molecule has 0 aromatic heterocycles. The average molecular weight is 202 g/mol. The van der Waals surface area contributed by atoms with Gasteiger partial charge in [0.15, 0.2) is 0 Å². The first kappa shape index (κ1) is 8.14. The van der Waals surface area contributed by atoms with Gasteiger partial charge in [0.1, 0.15) is 0 Å². The van der Waals surface area contributed by atoms with Crippen LogP contribution in [0.2, 0.25) is 0 Å². The van der Waals surface area contributed by atoms with E-state index in [1.54, 1.807) is 57.8 Å². The normalized spacial score (nSPS) is 68.8. The smallest absolute Gasteiger partial charge is 0.0167 e. The quantitative estimate of drug-likeness (QED) is 0.557. The number of fused-ring (bicyclic) bond motifs is 7. The van der Waals surface area contributed by atoms with Crippen molar-refractivity contribution in [2.24, 2.45) is 34.5 Å². The summed E-state index contributed by atoms with van der Waals surface area (Å²) in [7, 11) is 0. The molecule has 0 radical (unpaired) electrons. The molecule has 15 heavy (non-hydrogen) atoms. The van der Waals surface area contributed by atoms with Gasteiger partial charge in [0.05, 0.1) is 0 Å². The molecular weight excluding hydrogens is 180 g/mol. The van der Waals surface area contributed by atoms with Gasteiger partial charge in [0.25, 0.3) is 0 Å².